The van der Waals surface area contributed by atoms with Gasteiger partial charge in [-0.25, -0.2) is 13.1 Å². The van der Waals surface area contributed by atoms with E-state index in [1.54, 1.807) is 31.2 Å². The Bertz CT molecular complexity index is 752. The largest absolute Gasteiger partial charge is 0.399 e. The number of rotatable bonds is 6. The van der Waals surface area contributed by atoms with Crippen LogP contribution in [0.2, 0.25) is 0 Å². The molecule has 0 bridgehead atoms. The standard InChI is InChI=1S/C13H18N4O3S/c1-2-16-21(19,20)6-5-15-13(18)12-8-9-7-10(14)3-4-11(9)17-12/h3-4,7-8,16-17H,2,5-6,14H2,1H3,(H,15,18). The molecular weight excluding hydrogens is 292 g/mol. The van der Waals surface area contributed by atoms with Crippen molar-refractivity contribution in [1.29, 1.82) is 0 Å². The van der Waals surface area contributed by atoms with Gasteiger partial charge in [0.2, 0.25) is 10.0 Å². The number of H-pyrrole nitrogens is 1. The van der Waals surface area contributed by atoms with E-state index >= 15 is 0 Å². The first-order chi connectivity index (χ1) is 9.91. The predicted octanol–water partition coefficient (Wildman–Crippen LogP) is 0.419. The molecule has 0 atom stereocenters. The third kappa shape index (κ3) is 3.96. The maximum atomic E-state index is 12.0. The lowest BCUT2D eigenvalue weighted by atomic mass is 10.2. The Balaban J connectivity index is 1.99. The topological polar surface area (TPSA) is 117 Å². The van der Waals surface area contributed by atoms with E-state index in [0.29, 0.717) is 17.9 Å². The summed E-state index contributed by atoms with van der Waals surface area (Å²) in [5.41, 5.74) is 7.47. The maximum absolute atomic E-state index is 12.0. The summed E-state index contributed by atoms with van der Waals surface area (Å²) in [5, 5.41) is 3.40. The summed E-state index contributed by atoms with van der Waals surface area (Å²) < 4.78 is 25.2. The number of aromatic amines is 1. The molecule has 5 N–H and O–H groups in total. The van der Waals surface area contributed by atoms with Crippen LogP contribution in [0.3, 0.4) is 0 Å². The number of hydrogen-bond donors (Lipinski definition) is 4. The predicted molar refractivity (Wildman–Crippen MR) is 82.5 cm³/mol. The minimum absolute atomic E-state index is 0.0473. The minimum atomic E-state index is -3.33. The molecule has 2 aromatic rings. The van der Waals surface area contributed by atoms with E-state index < -0.39 is 10.0 Å². The second-order valence-electron chi connectivity index (χ2n) is 4.60. The highest BCUT2D eigenvalue weighted by molar-refractivity contribution is 7.89. The molecular formula is C13H18N4O3S. The molecule has 0 fully saturated rings. The average Bonchev–Trinajstić information content (AvgIpc) is 2.81. The first-order valence-electron chi connectivity index (χ1n) is 6.55. The van der Waals surface area contributed by atoms with Gasteiger partial charge < -0.3 is 16.0 Å². The van der Waals surface area contributed by atoms with Gasteiger partial charge >= 0.3 is 0 Å². The number of aromatic nitrogens is 1. The van der Waals surface area contributed by atoms with Crippen molar-refractivity contribution in [2.45, 2.75) is 6.92 Å². The zero-order valence-corrected chi connectivity index (χ0v) is 12.5. The van der Waals surface area contributed by atoms with Gasteiger partial charge in [-0.15, -0.1) is 0 Å². The molecule has 7 nitrogen and oxygen atoms in total. The Hall–Kier alpha value is -2.06. The molecule has 8 heteroatoms. The Morgan fingerprint density at radius 2 is 2.10 bits per heavy atom. The van der Waals surface area contributed by atoms with Crippen LogP contribution in [0.1, 0.15) is 17.4 Å². The second-order valence-corrected chi connectivity index (χ2v) is 6.53. The van der Waals surface area contributed by atoms with Crippen molar-refractivity contribution < 1.29 is 13.2 Å². The van der Waals surface area contributed by atoms with Crippen LogP contribution in [0.25, 0.3) is 10.9 Å². The van der Waals surface area contributed by atoms with Gasteiger partial charge in [0.05, 0.1) is 5.75 Å². The van der Waals surface area contributed by atoms with E-state index in [1.807, 2.05) is 0 Å². The summed E-state index contributed by atoms with van der Waals surface area (Å²) in [6, 6.07) is 6.97. The summed E-state index contributed by atoms with van der Waals surface area (Å²) >= 11 is 0. The summed E-state index contributed by atoms with van der Waals surface area (Å²) in [6.07, 6.45) is 0. The molecule has 114 valence electrons. The molecule has 2 rings (SSSR count). The Morgan fingerprint density at radius 1 is 1.33 bits per heavy atom. The smallest absolute Gasteiger partial charge is 0.267 e. The number of fused-ring (bicyclic) bond motifs is 1. The summed E-state index contributed by atoms with van der Waals surface area (Å²) in [6.45, 7) is 2.08. The molecule has 21 heavy (non-hydrogen) atoms. The normalized spacial score (nSPS) is 11.7. The van der Waals surface area contributed by atoms with Crippen molar-refractivity contribution in [1.82, 2.24) is 15.0 Å². The average molecular weight is 310 g/mol. The van der Waals surface area contributed by atoms with Crippen molar-refractivity contribution in [3.8, 4) is 0 Å². The molecule has 0 unspecified atom stereocenters. The number of carbonyl (C=O) groups is 1. The van der Waals surface area contributed by atoms with Crippen molar-refractivity contribution >= 4 is 32.5 Å². The number of carbonyl (C=O) groups excluding carboxylic acids is 1. The SMILES string of the molecule is CCNS(=O)(=O)CCNC(=O)c1cc2cc(N)ccc2[nH]1. The van der Waals surface area contributed by atoms with Crippen LogP contribution in [0.15, 0.2) is 24.3 Å². The summed E-state index contributed by atoms with van der Waals surface area (Å²) in [7, 11) is -3.33. The molecule has 0 radical (unpaired) electrons. The number of anilines is 1. The number of nitrogens with one attached hydrogen (secondary N) is 3. The van der Waals surface area contributed by atoms with E-state index in [0.717, 1.165) is 10.9 Å². The highest BCUT2D eigenvalue weighted by Gasteiger charge is 2.12. The third-order valence-electron chi connectivity index (χ3n) is 2.91. The number of amides is 1. The minimum Gasteiger partial charge on any atom is -0.399 e. The van der Waals surface area contributed by atoms with Crippen molar-refractivity contribution in [2.75, 3.05) is 24.6 Å². The Morgan fingerprint density at radius 3 is 2.81 bits per heavy atom. The van der Waals surface area contributed by atoms with Crippen molar-refractivity contribution in [3.63, 3.8) is 0 Å². The van der Waals surface area contributed by atoms with Gasteiger partial charge in [-0.05, 0) is 24.3 Å². The highest BCUT2D eigenvalue weighted by Crippen LogP contribution is 2.18. The molecule has 1 amide bonds. The summed E-state index contributed by atoms with van der Waals surface area (Å²) in [5.74, 6) is -0.504. The fourth-order valence-electron chi connectivity index (χ4n) is 1.96. The zero-order chi connectivity index (χ0) is 15.5. The molecule has 1 aromatic carbocycles. The Labute approximate surface area is 123 Å². The molecule has 0 aliphatic heterocycles. The fraction of sp³-hybridized carbons (Fsp3) is 0.308. The van der Waals surface area contributed by atoms with E-state index in [2.05, 4.69) is 15.0 Å². The molecule has 0 aliphatic rings. The number of nitrogens with two attached hydrogens (primary N) is 1. The molecule has 0 saturated heterocycles. The number of hydrogen-bond acceptors (Lipinski definition) is 4. The van der Waals surface area contributed by atoms with Gasteiger partial charge in [-0.1, -0.05) is 6.92 Å². The number of benzene rings is 1. The van der Waals surface area contributed by atoms with Crippen molar-refractivity contribution in [3.05, 3.63) is 30.0 Å². The first-order valence-corrected chi connectivity index (χ1v) is 8.20. The van der Waals surface area contributed by atoms with Gasteiger partial charge in [-0.2, -0.15) is 0 Å². The lowest BCUT2D eigenvalue weighted by molar-refractivity contribution is 0.0952. The van der Waals surface area contributed by atoms with Crippen LogP contribution in [0.4, 0.5) is 5.69 Å². The van der Waals surface area contributed by atoms with E-state index in [4.69, 9.17) is 5.73 Å². The lowest BCUT2D eigenvalue weighted by Crippen LogP contribution is -2.34. The molecule has 0 aliphatic carbocycles. The van der Waals surface area contributed by atoms with Gasteiger partial charge in [0.25, 0.3) is 5.91 Å². The third-order valence-corrected chi connectivity index (χ3v) is 4.38. The molecule has 1 aromatic heterocycles. The van der Waals surface area contributed by atoms with Crippen LogP contribution in [-0.2, 0) is 10.0 Å². The van der Waals surface area contributed by atoms with Gasteiger partial charge in [0.1, 0.15) is 5.69 Å². The number of nitrogen functional groups attached to an aromatic ring is 1. The lowest BCUT2D eigenvalue weighted by Gasteiger charge is -2.05. The fourth-order valence-corrected chi connectivity index (χ4v) is 2.91. The van der Waals surface area contributed by atoms with E-state index in [9.17, 15) is 13.2 Å². The Kier molecular flexibility index (Phi) is 4.49. The zero-order valence-electron chi connectivity index (χ0n) is 11.6. The summed E-state index contributed by atoms with van der Waals surface area (Å²) in [4.78, 5) is 14.9. The van der Waals surface area contributed by atoms with Crippen LogP contribution in [0.5, 0.6) is 0 Å². The second kappa shape index (κ2) is 6.15. The first kappa shape index (κ1) is 15.3. The van der Waals surface area contributed by atoms with Gasteiger partial charge in [0, 0.05) is 29.7 Å². The quantitative estimate of drug-likeness (QED) is 0.578. The highest BCUT2D eigenvalue weighted by atomic mass is 32.2. The van der Waals surface area contributed by atoms with Gasteiger partial charge in [0.15, 0.2) is 0 Å². The van der Waals surface area contributed by atoms with Crippen molar-refractivity contribution in [2.24, 2.45) is 0 Å². The van der Waals surface area contributed by atoms with E-state index in [-0.39, 0.29) is 18.2 Å². The molecule has 0 spiro atoms. The molecule has 1 heterocycles. The van der Waals surface area contributed by atoms with Crippen LogP contribution in [-0.4, -0.2) is 38.2 Å². The monoisotopic (exact) mass is 310 g/mol. The van der Waals surface area contributed by atoms with Crippen LogP contribution < -0.4 is 15.8 Å². The van der Waals surface area contributed by atoms with Crippen LogP contribution in [0, 0.1) is 0 Å². The van der Waals surface area contributed by atoms with Gasteiger partial charge in [-0.3, -0.25) is 4.79 Å². The number of sulfonamides is 1. The molecule has 0 saturated carbocycles. The van der Waals surface area contributed by atoms with E-state index in [1.165, 1.54) is 0 Å². The van der Waals surface area contributed by atoms with Crippen LogP contribution >= 0.6 is 0 Å². The maximum Gasteiger partial charge on any atom is 0.267 e.